The fourth-order valence-corrected chi connectivity index (χ4v) is 2.74. The summed E-state index contributed by atoms with van der Waals surface area (Å²) in [5.74, 6) is -0.0535. The first-order valence-electron chi connectivity index (χ1n) is 7.32. The number of amides is 1. The first-order chi connectivity index (χ1) is 10.0. The van der Waals surface area contributed by atoms with Gasteiger partial charge in [-0.3, -0.25) is 10.2 Å². The normalized spacial score (nSPS) is 19.2. The molecule has 0 saturated carbocycles. The Balaban J connectivity index is 2.15. The number of benzene rings is 2. The Morgan fingerprint density at radius 2 is 2.00 bits per heavy atom. The molecule has 0 aliphatic carbocycles. The smallest absolute Gasteiger partial charge is 0.263 e. The van der Waals surface area contributed by atoms with E-state index in [-0.39, 0.29) is 11.4 Å². The Kier molecular flexibility index (Phi) is 3.30. The maximum Gasteiger partial charge on any atom is 0.263 e. The number of carbonyl (C=O) groups is 1. The summed E-state index contributed by atoms with van der Waals surface area (Å²) in [5, 5.41) is 2.39. The zero-order chi connectivity index (χ0) is 15.0. The number of fused-ring (bicyclic) bond motifs is 1. The number of rotatable bonds is 2. The standard InChI is InChI=1S/C18H20N2O/c1-4-12-8-9-15-13(10-12)6-5-7-14(15)11-16-17(21)19-20-18(16,2)3/h5-11,20H,4H2,1-3H3,(H,19,21)/b16-11+. The molecule has 0 bridgehead atoms. The van der Waals surface area contributed by atoms with Crippen molar-refractivity contribution in [3.05, 3.63) is 53.1 Å². The zero-order valence-corrected chi connectivity index (χ0v) is 12.7. The molecule has 1 saturated heterocycles. The van der Waals surface area contributed by atoms with Crippen LogP contribution in [0.3, 0.4) is 0 Å². The van der Waals surface area contributed by atoms with E-state index in [1.54, 1.807) is 0 Å². The lowest BCUT2D eigenvalue weighted by atomic mass is 9.92. The SMILES string of the molecule is CCc1ccc2c(/C=C3\C(=O)NNC3(C)C)cccc2c1. The number of hydrazine groups is 1. The second-order valence-electron chi connectivity index (χ2n) is 6.02. The summed E-state index contributed by atoms with van der Waals surface area (Å²) in [4.78, 5) is 12.0. The van der Waals surface area contributed by atoms with Crippen LogP contribution in [0.25, 0.3) is 16.8 Å². The maximum atomic E-state index is 12.0. The molecule has 1 amide bonds. The van der Waals surface area contributed by atoms with Gasteiger partial charge in [0.2, 0.25) is 0 Å². The van der Waals surface area contributed by atoms with Gasteiger partial charge in [-0.2, -0.15) is 0 Å². The van der Waals surface area contributed by atoms with Crippen molar-refractivity contribution in [1.29, 1.82) is 0 Å². The van der Waals surface area contributed by atoms with Crippen LogP contribution in [0.4, 0.5) is 0 Å². The Bertz CT molecular complexity index is 744. The van der Waals surface area contributed by atoms with Crippen LogP contribution in [-0.2, 0) is 11.2 Å². The molecular weight excluding hydrogens is 260 g/mol. The van der Waals surface area contributed by atoms with Gasteiger partial charge in [-0.05, 0) is 48.2 Å². The van der Waals surface area contributed by atoms with Crippen LogP contribution in [0.5, 0.6) is 0 Å². The molecule has 1 aliphatic rings. The average Bonchev–Trinajstić information content (AvgIpc) is 2.74. The molecule has 1 heterocycles. The van der Waals surface area contributed by atoms with E-state index in [9.17, 15) is 4.79 Å². The molecule has 2 aromatic carbocycles. The molecule has 1 aliphatic heterocycles. The second-order valence-corrected chi connectivity index (χ2v) is 6.02. The molecule has 0 spiro atoms. The van der Waals surface area contributed by atoms with E-state index >= 15 is 0 Å². The van der Waals surface area contributed by atoms with E-state index < -0.39 is 0 Å². The largest absolute Gasteiger partial charge is 0.287 e. The van der Waals surface area contributed by atoms with Crippen LogP contribution in [-0.4, -0.2) is 11.4 Å². The number of hydrogen-bond acceptors (Lipinski definition) is 2. The molecule has 3 heteroatoms. The van der Waals surface area contributed by atoms with Gasteiger partial charge in [0.15, 0.2) is 0 Å². The van der Waals surface area contributed by atoms with E-state index in [1.165, 1.54) is 16.3 Å². The first-order valence-corrected chi connectivity index (χ1v) is 7.32. The lowest BCUT2D eigenvalue weighted by Crippen LogP contribution is -2.38. The first kappa shape index (κ1) is 13.8. The van der Waals surface area contributed by atoms with Gasteiger partial charge in [-0.1, -0.05) is 43.3 Å². The van der Waals surface area contributed by atoms with E-state index in [1.807, 2.05) is 26.0 Å². The molecule has 0 aromatic heterocycles. The van der Waals surface area contributed by atoms with Crippen molar-refractivity contribution >= 4 is 22.8 Å². The highest BCUT2D eigenvalue weighted by Crippen LogP contribution is 2.27. The van der Waals surface area contributed by atoms with Crippen molar-refractivity contribution in [3.8, 4) is 0 Å². The average molecular weight is 280 g/mol. The van der Waals surface area contributed by atoms with Crippen molar-refractivity contribution in [1.82, 2.24) is 10.9 Å². The highest BCUT2D eigenvalue weighted by molar-refractivity contribution is 6.04. The Hall–Kier alpha value is -2.13. The summed E-state index contributed by atoms with van der Waals surface area (Å²) in [7, 11) is 0. The molecule has 2 N–H and O–H groups in total. The summed E-state index contributed by atoms with van der Waals surface area (Å²) in [6.45, 7) is 6.15. The van der Waals surface area contributed by atoms with Crippen LogP contribution < -0.4 is 10.9 Å². The molecular formula is C18H20N2O. The third-order valence-electron chi connectivity index (χ3n) is 4.09. The van der Waals surface area contributed by atoms with Crippen molar-refractivity contribution in [2.24, 2.45) is 0 Å². The molecule has 3 nitrogen and oxygen atoms in total. The lowest BCUT2D eigenvalue weighted by Gasteiger charge is -2.17. The highest BCUT2D eigenvalue weighted by atomic mass is 16.2. The van der Waals surface area contributed by atoms with Crippen LogP contribution in [0, 0.1) is 0 Å². The fraction of sp³-hybridized carbons (Fsp3) is 0.278. The summed E-state index contributed by atoms with van der Waals surface area (Å²) >= 11 is 0. The summed E-state index contributed by atoms with van der Waals surface area (Å²) in [6.07, 6.45) is 3.02. The van der Waals surface area contributed by atoms with Gasteiger partial charge in [0.1, 0.15) is 0 Å². The molecule has 2 aromatic rings. The Morgan fingerprint density at radius 1 is 1.19 bits per heavy atom. The predicted molar refractivity (Wildman–Crippen MR) is 86.7 cm³/mol. The van der Waals surface area contributed by atoms with E-state index in [0.29, 0.717) is 0 Å². The zero-order valence-electron chi connectivity index (χ0n) is 12.7. The Labute approximate surface area is 125 Å². The summed E-state index contributed by atoms with van der Waals surface area (Å²) in [5.41, 5.74) is 8.51. The van der Waals surface area contributed by atoms with Crippen molar-refractivity contribution in [2.45, 2.75) is 32.7 Å². The molecule has 3 rings (SSSR count). The minimum absolute atomic E-state index is 0.0535. The van der Waals surface area contributed by atoms with Crippen LogP contribution >= 0.6 is 0 Å². The van der Waals surface area contributed by atoms with Crippen molar-refractivity contribution < 1.29 is 4.79 Å². The maximum absolute atomic E-state index is 12.0. The minimum Gasteiger partial charge on any atom is -0.287 e. The quantitative estimate of drug-likeness (QED) is 0.829. The van der Waals surface area contributed by atoms with Gasteiger partial charge >= 0.3 is 0 Å². The van der Waals surface area contributed by atoms with E-state index in [2.05, 4.69) is 48.1 Å². The van der Waals surface area contributed by atoms with Gasteiger partial charge in [-0.15, -0.1) is 0 Å². The van der Waals surface area contributed by atoms with Gasteiger partial charge < -0.3 is 0 Å². The lowest BCUT2D eigenvalue weighted by molar-refractivity contribution is -0.116. The third-order valence-corrected chi connectivity index (χ3v) is 4.09. The molecule has 0 atom stereocenters. The molecule has 0 unspecified atom stereocenters. The van der Waals surface area contributed by atoms with E-state index in [0.717, 1.165) is 17.6 Å². The number of aryl methyl sites for hydroxylation is 1. The van der Waals surface area contributed by atoms with Gasteiger partial charge in [0.05, 0.1) is 5.54 Å². The van der Waals surface area contributed by atoms with Crippen LogP contribution in [0.2, 0.25) is 0 Å². The van der Waals surface area contributed by atoms with Gasteiger partial charge in [0, 0.05) is 5.57 Å². The second kappa shape index (κ2) is 5.01. The minimum atomic E-state index is -0.359. The van der Waals surface area contributed by atoms with Crippen LogP contribution in [0.15, 0.2) is 42.0 Å². The number of hydrogen-bond donors (Lipinski definition) is 2. The fourth-order valence-electron chi connectivity index (χ4n) is 2.74. The van der Waals surface area contributed by atoms with Crippen LogP contribution in [0.1, 0.15) is 31.9 Å². The predicted octanol–water partition coefficient (Wildman–Crippen LogP) is 3.20. The summed E-state index contributed by atoms with van der Waals surface area (Å²) < 4.78 is 0. The summed E-state index contributed by atoms with van der Waals surface area (Å²) in [6, 6.07) is 12.7. The molecule has 0 radical (unpaired) electrons. The van der Waals surface area contributed by atoms with E-state index in [4.69, 9.17) is 0 Å². The number of nitrogens with one attached hydrogen (secondary N) is 2. The molecule has 1 fully saturated rings. The molecule has 21 heavy (non-hydrogen) atoms. The topological polar surface area (TPSA) is 41.1 Å². The molecule has 108 valence electrons. The highest BCUT2D eigenvalue weighted by Gasteiger charge is 2.34. The Morgan fingerprint density at radius 3 is 2.67 bits per heavy atom. The van der Waals surface area contributed by atoms with Gasteiger partial charge in [-0.25, -0.2) is 5.43 Å². The monoisotopic (exact) mass is 280 g/mol. The van der Waals surface area contributed by atoms with Gasteiger partial charge in [0.25, 0.3) is 5.91 Å². The third kappa shape index (κ3) is 2.45. The van der Waals surface area contributed by atoms with Crippen molar-refractivity contribution in [3.63, 3.8) is 0 Å². The van der Waals surface area contributed by atoms with Crippen molar-refractivity contribution in [2.75, 3.05) is 0 Å². The number of carbonyl (C=O) groups excluding carboxylic acids is 1.